The minimum atomic E-state index is -0.910. The van der Waals surface area contributed by atoms with Crippen molar-refractivity contribution in [2.75, 3.05) is 12.4 Å². The summed E-state index contributed by atoms with van der Waals surface area (Å²) < 4.78 is 5.08. The minimum Gasteiger partial charge on any atom is -0.481 e. The van der Waals surface area contributed by atoms with Gasteiger partial charge >= 0.3 is 5.97 Å². The van der Waals surface area contributed by atoms with Crippen LogP contribution in [0.15, 0.2) is 12.1 Å². The van der Waals surface area contributed by atoms with Crippen LogP contribution in [-0.4, -0.2) is 29.1 Å². The number of carbonyl (C=O) groups is 2. The van der Waals surface area contributed by atoms with E-state index in [0.29, 0.717) is 24.4 Å². The quantitative estimate of drug-likeness (QED) is 0.842. The van der Waals surface area contributed by atoms with E-state index in [0.717, 1.165) is 5.69 Å². The van der Waals surface area contributed by atoms with E-state index in [1.165, 1.54) is 7.11 Å². The molecular formula is C16H22N2O4. The van der Waals surface area contributed by atoms with Gasteiger partial charge in [-0.3, -0.25) is 9.59 Å². The predicted molar refractivity (Wildman–Crippen MR) is 81.8 cm³/mol. The van der Waals surface area contributed by atoms with E-state index in [1.807, 2.05) is 20.8 Å². The number of amides is 1. The fourth-order valence-corrected chi connectivity index (χ4v) is 2.95. The molecule has 1 fully saturated rings. The summed E-state index contributed by atoms with van der Waals surface area (Å²) in [7, 11) is 1.54. The van der Waals surface area contributed by atoms with Crippen molar-refractivity contribution in [1.29, 1.82) is 0 Å². The van der Waals surface area contributed by atoms with Crippen LogP contribution in [0, 0.1) is 17.3 Å². The van der Waals surface area contributed by atoms with E-state index in [2.05, 4.69) is 10.3 Å². The zero-order chi connectivity index (χ0) is 16.5. The number of aliphatic carboxylic acids is 1. The van der Waals surface area contributed by atoms with Crippen molar-refractivity contribution in [2.45, 2.75) is 33.6 Å². The lowest BCUT2D eigenvalue weighted by molar-refractivity contribution is -0.141. The monoisotopic (exact) mass is 306 g/mol. The molecule has 1 aliphatic carbocycles. The molecule has 0 radical (unpaired) electrons. The van der Waals surface area contributed by atoms with Gasteiger partial charge < -0.3 is 15.2 Å². The Balaban J connectivity index is 2.23. The molecule has 6 heteroatoms. The van der Waals surface area contributed by atoms with Crippen molar-refractivity contribution in [3.63, 3.8) is 0 Å². The summed E-state index contributed by atoms with van der Waals surface area (Å²) in [4.78, 5) is 28.2. The van der Waals surface area contributed by atoms with Crippen LogP contribution >= 0.6 is 0 Å². The summed E-state index contributed by atoms with van der Waals surface area (Å²) in [6, 6.07) is 3.42. The molecule has 1 aliphatic rings. The van der Waals surface area contributed by atoms with E-state index in [1.54, 1.807) is 12.1 Å². The fourth-order valence-electron chi connectivity index (χ4n) is 2.95. The minimum absolute atomic E-state index is 0.0371. The number of aryl methyl sites for hydroxylation is 1. The molecule has 1 aromatic rings. The van der Waals surface area contributed by atoms with Crippen molar-refractivity contribution in [1.82, 2.24) is 4.98 Å². The normalized spacial score (nSPS) is 23.2. The number of carbonyl (C=O) groups excluding carboxylic acids is 1. The highest BCUT2D eigenvalue weighted by atomic mass is 16.5. The van der Waals surface area contributed by atoms with Crippen LogP contribution in [0.1, 0.15) is 32.9 Å². The van der Waals surface area contributed by atoms with Gasteiger partial charge in [-0.05, 0) is 24.8 Å². The van der Waals surface area contributed by atoms with Crippen molar-refractivity contribution in [3.8, 4) is 5.88 Å². The molecule has 2 rings (SSSR count). The van der Waals surface area contributed by atoms with Crippen molar-refractivity contribution in [2.24, 2.45) is 17.3 Å². The Hall–Kier alpha value is -2.11. The molecule has 6 nitrogen and oxygen atoms in total. The Morgan fingerprint density at radius 1 is 1.50 bits per heavy atom. The van der Waals surface area contributed by atoms with E-state index < -0.39 is 17.3 Å². The summed E-state index contributed by atoms with van der Waals surface area (Å²) in [6.45, 7) is 5.71. The number of nitrogens with zero attached hydrogens (tertiary/aromatic N) is 1. The van der Waals surface area contributed by atoms with Crippen LogP contribution in [0.4, 0.5) is 5.69 Å². The lowest BCUT2D eigenvalue weighted by atomic mass is 9.88. The third-order valence-corrected chi connectivity index (χ3v) is 4.50. The number of hydrogen-bond donors (Lipinski definition) is 2. The van der Waals surface area contributed by atoms with E-state index in [4.69, 9.17) is 4.74 Å². The van der Waals surface area contributed by atoms with Crippen LogP contribution in [0.2, 0.25) is 0 Å². The predicted octanol–water partition coefficient (Wildman–Crippen LogP) is 2.34. The first kappa shape index (κ1) is 16.3. The number of hydrogen-bond acceptors (Lipinski definition) is 4. The molecule has 0 aromatic carbocycles. The average molecular weight is 306 g/mol. The molecule has 1 saturated carbocycles. The fraction of sp³-hybridized carbons (Fsp3) is 0.562. The van der Waals surface area contributed by atoms with Crippen LogP contribution in [0.3, 0.4) is 0 Å². The number of methoxy groups -OCH3 is 1. The third-order valence-electron chi connectivity index (χ3n) is 4.50. The van der Waals surface area contributed by atoms with E-state index >= 15 is 0 Å². The number of carboxylic acid groups (broad SMARTS) is 1. The van der Waals surface area contributed by atoms with Gasteiger partial charge in [-0.2, -0.15) is 0 Å². The van der Waals surface area contributed by atoms with Gasteiger partial charge in [0.2, 0.25) is 11.8 Å². The van der Waals surface area contributed by atoms with Gasteiger partial charge in [-0.25, -0.2) is 4.98 Å². The second kappa shape index (κ2) is 5.94. The number of carboxylic acids is 1. The van der Waals surface area contributed by atoms with Crippen LogP contribution in [0.5, 0.6) is 5.88 Å². The van der Waals surface area contributed by atoms with E-state index in [9.17, 15) is 14.7 Å². The number of pyridine rings is 1. The zero-order valence-corrected chi connectivity index (χ0v) is 13.3. The highest BCUT2D eigenvalue weighted by Crippen LogP contribution is 2.58. The molecule has 0 saturated heterocycles. The number of anilines is 1. The molecule has 0 unspecified atom stereocenters. The molecule has 120 valence electrons. The SMILES string of the molecule is CCc1nc(OC)ccc1NC(=O)[C@]1(C(C)C)C[C@@H]1C(=O)O. The largest absolute Gasteiger partial charge is 0.481 e. The zero-order valence-electron chi connectivity index (χ0n) is 13.3. The number of rotatable bonds is 6. The smallest absolute Gasteiger partial charge is 0.307 e. The van der Waals surface area contributed by atoms with Crippen molar-refractivity contribution in [3.05, 3.63) is 17.8 Å². The Labute approximate surface area is 129 Å². The van der Waals surface area contributed by atoms with Gasteiger partial charge in [-0.15, -0.1) is 0 Å². The maximum Gasteiger partial charge on any atom is 0.307 e. The van der Waals surface area contributed by atoms with Crippen LogP contribution < -0.4 is 10.1 Å². The molecule has 1 heterocycles. The topological polar surface area (TPSA) is 88.5 Å². The van der Waals surface area contributed by atoms with Gasteiger partial charge in [0.05, 0.1) is 29.8 Å². The second-order valence-corrected chi connectivity index (χ2v) is 5.95. The second-order valence-electron chi connectivity index (χ2n) is 5.95. The summed E-state index contributed by atoms with van der Waals surface area (Å²) in [5, 5.41) is 12.1. The molecular weight excluding hydrogens is 284 g/mol. The van der Waals surface area contributed by atoms with Crippen molar-refractivity contribution < 1.29 is 19.4 Å². The van der Waals surface area contributed by atoms with Gasteiger partial charge in [0, 0.05) is 6.07 Å². The van der Waals surface area contributed by atoms with Crippen LogP contribution in [-0.2, 0) is 16.0 Å². The standard InChI is InChI=1S/C16H22N2O4/c1-5-11-12(6-7-13(17-11)22-4)18-15(21)16(9(2)3)8-10(16)14(19)20/h6-7,9-10H,5,8H2,1-4H3,(H,18,21)(H,19,20)/t10-,16+/m1/s1. The Bertz CT molecular complexity index is 600. The average Bonchev–Trinajstić information content (AvgIpc) is 3.25. The molecule has 22 heavy (non-hydrogen) atoms. The maximum atomic E-state index is 12.6. The maximum absolute atomic E-state index is 12.6. The molecule has 2 atom stereocenters. The number of nitrogens with one attached hydrogen (secondary N) is 1. The third kappa shape index (κ3) is 2.65. The summed E-state index contributed by atoms with van der Waals surface area (Å²) in [5.41, 5.74) is 0.514. The first-order valence-electron chi connectivity index (χ1n) is 7.45. The molecule has 0 aliphatic heterocycles. The highest BCUT2D eigenvalue weighted by molar-refractivity contribution is 6.02. The van der Waals surface area contributed by atoms with Crippen molar-refractivity contribution >= 4 is 17.6 Å². The molecule has 0 bridgehead atoms. The summed E-state index contributed by atoms with van der Waals surface area (Å²) in [6.07, 6.45) is 1.03. The summed E-state index contributed by atoms with van der Waals surface area (Å²) in [5.74, 6) is -1.30. The Morgan fingerprint density at radius 2 is 2.18 bits per heavy atom. The van der Waals surface area contributed by atoms with Gasteiger partial charge in [0.1, 0.15) is 0 Å². The number of aromatic nitrogens is 1. The Morgan fingerprint density at radius 3 is 2.64 bits per heavy atom. The first-order chi connectivity index (χ1) is 10.4. The number of ether oxygens (including phenoxy) is 1. The van der Waals surface area contributed by atoms with Crippen LogP contribution in [0.25, 0.3) is 0 Å². The first-order valence-corrected chi connectivity index (χ1v) is 7.45. The molecule has 1 amide bonds. The Kier molecular flexibility index (Phi) is 4.39. The van der Waals surface area contributed by atoms with E-state index in [-0.39, 0.29) is 11.8 Å². The van der Waals surface area contributed by atoms with Gasteiger partial charge in [-0.1, -0.05) is 20.8 Å². The lowest BCUT2D eigenvalue weighted by Crippen LogP contribution is -2.32. The molecule has 2 N–H and O–H groups in total. The molecule has 1 aromatic heterocycles. The lowest BCUT2D eigenvalue weighted by Gasteiger charge is -2.21. The summed E-state index contributed by atoms with van der Waals surface area (Å²) >= 11 is 0. The van der Waals surface area contributed by atoms with Gasteiger partial charge in [0.15, 0.2) is 0 Å². The highest BCUT2D eigenvalue weighted by Gasteiger charge is 2.65. The van der Waals surface area contributed by atoms with Gasteiger partial charge in [0.25, 0.3) is 0 Å². The molecule has 0 spiro atoms.